The van der Waals surface area contributed by atoms with E-state index in [0.717, 1.165) is 11.1 Å². The molecule has 0 saturated carbocycles. The van der Waals surface area contributed by atoms with Crippen LogP contribution < -0.4 is 11.5 Å². The molecule has 0 aliphatic carbocycles. The Labute approximate surface area is 97.4 Å². The molecule has 17 heavy (non-hydrogen) atoms. The van der Waals surface area contributed by atoms with Crippen LogP contribution in [-0.4, -0.2) is 27.2 Å². The minimum atomic E-state index is -0.809. The lowest BCUT2D eigenvalue weighted by molar-refractivity contribution is 0.153. The summed E-state index contributed by atoms with van der Waals surface area (Å²) in [5.41, 5.74) is 13.0. The molecule has 2 aromatic heterocycles. The van der Waals surface area contributed by atoms with Crippen LogP contribution in [0.2, 0.25) is 0 Å². The summed E-state index contributed by atoms with van der Waals surface area (Å²) in [5, 5.41) is 0. The first-order valence-corrected chi connectivity index (χ1v) is 5.08. The van der Waals surface area contributed by atoms with Crippen LogP contribution in [0.25, 0.3) is 11.2 Å². The number of amides is 1. The van der Waals surface area contributed by atoms with Crippen molar-refractivity contribution < 1.29 is 9.53 Å². The fourth-order valence-electron chi connectivity index (χ4n) is 1.59. The normalized spacial score (nSPS) is 10.6. The van der Waals surface area contributed by atoms with Gasteiger partial charge in [-0.25, -0.2) is 14.8 Å². The number of rotatable bonds is 3. The van der Waals surface area contributed by atoms with Gasteiger partial charge < -0.3 is 16.2 Å². The third-order valence-electron chi connectivity index (χ3n) is 2.31. The van der Waals surface area contributed by atoms with Crippen LogP contribution in [0.1, 0.15) is 5.56 Å². The number of primary amides is 1. The fourth-order valence-corrected chi connectivity index (χ4v) is 1.59. The molecule has 90 valence electrons. The third kappa shape index (κ3) is 2.27. The number of imidazole rings is 1. The van der Waals surface area contributed by atoms with Gasteiger partial charge in [-0.3, -0.25) is 4.57 Å². The summed E-state index contributed by atoms with van der Waals surface area (Å²) < 4.78 is 6.33. The molecule has 4 N–H and O–H groups in total. The van der Waals surface area contributed by atoms with Gasteiger partial charge in [0.1, 0.15) is 12.1 Å². The van der Waals surface area contributed by atoms with E-state index in [1.807, 2.05) is 13.0 Å². The zero-order valence-electron chi connectivity index (χ0n) is 9.38. The minimum Gasteiger partial charge on any atom is -0.448 e. The maximum absolute atomic E-state index is 10.4. The summed E-state index contributed by atoms with van der Waals surface area (Å²) in [6.07, 6.45) is 0.923. The van der Waals surface area contributed by atoms with Gasteiger partial charge in [-0.1, -0.05) is 0 Å². The Morgan fingerprint density at radius 1 is 1.59 bits per heavy atom. The number of carbonyl (C=O) groups excluding carboxylic acids is 1. The van der Waals surface area contributed by atoms with Gasteiger partial charge in [0.25, 0.3) is 0 Å². The van der Waals surface area contributed by atoms with E-state index in [1.54, 1.807) is 10.8 Å². The molecule has 7 heteroatoms. The summed E-state index contributed by atoms with van der Waals surface area (Å²) in [5.74, 6) is 0.339. The van der Waals surface area contributed by atoms with Crippen molar-refractivity contribution in [1.29, 1.82) is 0 Å². The van der Waals surface area contributed by atoms with Gasteiger partial charge in [0.05, 0.1) is 6.54 Å². The van der Waals surface area contributed by atoms with Gasteiger partial charge in [-0.2, -0.15) is 0 Å². The first-order valence-electron chi connectivity index (χ1n) is 5.08. The van der Waals surface area contributed by atoms with Crippen LogP contribution in [0.15, 0.2) is 12.3 Å². The zero-order chi connectivity index (χ0) is 12.4. The van der Waals surface area contributed by atoms with Gasteiger partial charge in [0, 0.05) is 6.20 Å². The number of carbonyl (C=O) groups is 1. The second kappa shape index (κ2) is 4.28. The van der Waals surface area contributed by atoms with Crippen molar-refractivity contribution in [2.45, 2.75) is 13.5 Å². The highest BCUT2D eigenvalue weighted by Gasteiger charge is 2.09. The maximum Gasteiger partial charge on any atom is 0.404 e. The Morgan fingerprint density at radius 3 is 3.06 bits per heavy atom. The molecule has 2 rings (SSSR count). The maximum atomic E-state index is 10.4. The predicted octanol–water partition coefficient (Wildman–Crippen LogP) is 0.417. The lowest BCUT2D eigenvalue weighted by Crippen LogP contribution is -2.17. The van der Waals surface area contributed by atoms with Crippen molar-refractivity contribution in [2.75, 3.05) is 12.3 Å². The Morgan fingerprint density at radius 2 is 2.35 bits per heavy atom. The molecule has 0 spiro atoms. The van der Waals surface area contributed by atoms with Crippen LogP contribution in [0.4, 0.5) is 10.7 Å². The van der Waals surface area contributed by atoms with Crippen LogP contribution in [-0.2, 0) is 11.3 Å². The van der Waals surface area contributed by atoms with Crippen molar-refractivity contribution >= 4 is 23.2 Å². The first kappa shape index (κ1) is 11.2. The lowest BCUT2D eigenvalue weighted by atomic mass is 10.3. The standard InChI is InChI=1S/C10H13N5O2/c1-6-4-7-8(13-5-6)15(9(11)14-7)2-3-17-10(12)16/h4-5H,2-3H2,1H3,(H2,11,14)(H2,12,16). The minimum absolute atomic E-state index is 0.139. The molecular weight excluding hydrogens is 222 g/mol. The number of hydrogen-bond acceptors (Lipinski definition) is 5. The summed E-state index contributed by atoms with van der Waals surface area (Å²) in [7, 11) is 0. The largest absolute Gasteiger partial charge is 0.448 e. The highest BCUT2D eigenvalue weighted by Crippen LogP contribution is 2.16. The summed E-state index contributed by atoms with van der Waals surface area (Å²) in [6, 6.07) is 1.89. The summed E-state index contributed by atoms with van der Waals surface area (Å²) in [6.45, 7) is 2.44. The number of nitrogens with two attached hydrogens (primary N) is 2. The van der Waals surface area contributed by atoms with Gasteiger partial charge >= 0.3 is 6.09 Å². The van der Waals surface area contributed by atoms with E-state index in [4.69, 9.17) is 11.5 Å². The number of aromatic nitrogens is 3. The quantitative estimate of drug-likeness (QED) is 0.801. The van der Waals surface area contributed by atoms with Crippen molar-refractivity contribution in [3.63, 3.8) is 0 Å². The Bertz CT molecular complexity index is 563. The van der Waals surface area contributed by atoms with Gasteiger partial charge in [-0.15, -0.1) is 0 Å². The van der Waals surface area contributed by atoms with Crippen molar-refractivity contribution in [3.8, 4) is 0 Å². The molecular formula is C10H13N5O2. The molecule has 1 amide bonds. The zero-order valence-corrected chi connectivity index (χ0v) is 9.38. The van der Waals surface area contributed by atoms with Crippen LogP contribution in [0.5, 0.6) is 0 Å². The Hall–Kier alpha value is -2.31. The van der Waals surface area contributed by atoms with E-state index in [0.29, 0.717) is 18.1 Å². The molecule has 0 bridgehead atoms. The number of nitrogen functional groups attached to an aromatic ring is 1. The highest BCUT2D eigenvalue weighted by atomic mass is 16.5. The average Bonchev–Trinajstić information content (AvgIpc) is 2.54. The second-order valence-corrected chi connectivity index (χ2v) is 3.64. The van der Waals surface area contributed by atoms with E-state index in [2.05, 4.69) is 14.7 Å². The molecule has 2 heterocycles. The van der Waals surface area contributed by atoms with E-state index in [-0.39, 0.29) is 6.61 Å². The van der Waals surface area contributed by atoms with Crippen molar-refractivity contribution in [2.24, 2.45) is 5.73 Å². The molecule has 0 radical (unpaired) electrons. The number of pyridine rings is 1. The van der Waals surface area contributed by atoms with Gasteiger partial charge in [0.15, 0.2) is 5.65 Å². The number of nitrogens with zero attached hydrogens (tertiary/aromatic N) is 3. The molecule has 0 atom stereocenters. The van der Waals surface area contributed by atoms with E-state index < -0.39 is 6.09 Å². The molecule has 0 unspecified atom stereocenters. The van der Waals surface area contributed by atoms with Crippen LogP contribution in [0.3, 0.4) is 0 Å². The van der Waals surface area contributed by atoms with E-state index in [9.17, 15) is 4.79 Å². The molecule has 0 aromatic carbocycles. The van der Waals surface area contributed by atoms with Crippen molar-refractivity contribution in [1.82, 2.24) is 14.5 Å². The van der Waals surface area contributed by atoms with Gasteiger partial charge in [-0.05, 0) is 18.6 Å². The molecule has 2 aromatic rings. The SMILES string of the molecule is Cc1cnc2c(c1)nc(N)n2CCOC(N)=O. The predicted molar refractivity (Wildman–Crippen MR) is 62.2 cm³/mol. The topological polar surface area (TPSA) is 109 Å². The van der Waals surface area contributed by atoms with Gasteiger partial charge in [0.2, 0.25) is 5.95 Å². The van der Waals surface area contributed by atoms with Crippen LogP contribution in [0, 0.1) is 6.92 Å². The molecule has 0 aliphatic rings. The monoisotopic (exact) mass is 235 g/mol. The summed E-state index contributed by atoms with van der Waals surface area (Å²) >= 11 is 0. The first-order chi connectivity index (χ1) is 8.08. The Kier molecular flexibility index (Phi) is 2.82. The smallest absolute Gasteiger partial charge is 0.404 e. The number of aryl methyl sites for hydroxylation is 1. The molecule has 0 aliphatic heterocycles. The number of hydrogen-bond donors (Lipinski definition) is 2. The molecule has 0 fully saturated rings. The van der Waals surface area contributed by atoms with E-state index >= 15 is 0 Å². The van der Waals surface area contributed by atoms with Crippen molar-refractivity contribution in [3.05, 3.63) is 17.8 Å². The highest BCUT2D eigenvalue weighted by molar-refractivity contribution is 5.74. The lowest BCUT2D eigenvalue weighted by Gasteiger charge is -2.05. The molecule has 0 saturated heterocycles. The third-order valence-corrected chi connectivity index (χ3v) is 2.31. The van der Waals surface area contributed by atoms with E-state index in [1.165, 1.54) is 0 Å². The second-order valence-electron chi connectivity index (χ2n) is 3.64. The summed E-state index contributed by atoms with van der Waals surface area (Å²) in [4.78, 5) is 18.9. The average molecular weight is 235 g/mol. The number of anilines is 1. The molecule has 7 nitrogen and oxygen atoms in total. The number of fused-ring (bicyclic) bond motifs is 1. The number of ether oxygens (including phenoxy) is 1. The van der Waals surface area contributed by atoms with Crippen LogP contribution >= 0.6 is 0 Å². The fraction of sp³-hybridized carbons (Fsp3) is 0.300. The Balaban J connectivity index is 2.27.